The molecule has 2 aliphatic carbocycles. The maximum atomic E-state index is 10.3. The molecule has 2 saturated carbocycles. The summed E-state index contributed by atoms with van der Waals surface area (Å²) in [5, 5.41) is 8.46. The summed E-state index contributed by atoms with van der Waals surface area (Å²) in [6, 6.07) is 0. The summed E-state index contributed by atoms with van der Waals surface area (Å²) >= 11 is 0. The Morgan fingerprint density at radius 1 is 1.50 bits per heavy atom. The SMILES string of the molecule is CC1C(OC(=O)O)C12CCCC2. The highest BCUT2D eigenvalue weighted by molar-refractivity contribution is 5.58. The minimum absolute atomic E-state index is 0.00231. The molecule has 2 rings (SSSR count). The lowest BCUT2D eigenvalue weighted by Gasteiger charge is -2.05. The number of hydrogen-bond acceptors (Lipinski definition) is 2. The van der Waals surface area contributed by atoms with E-state index in [4.69, 9.17) is 9.84 Å². The lowest BCUT2D eigenvalue weighted by atomic mass is 10.0. The standard InChI is InChI=1S/C9H14O3/c1-6-7(12-8(10)11)9(6)4-2-3-5-9/h6-7H,2-5H2,1H3,(H,10,11). The summed E-state index contributed by atoms with van der Waals surface area (Å²) in [7, 11) is 0. The van der Waals surface area contributed by atoms with Gasteiger partial charge in [0.2, 0.25) is 0 Å². The molecule has 2 unspecified atom stereocenters. The van der Waals surface area contributed by atoms with Crippen LogP contribution in [0, 0.1) is 11.3 Å². The van der Waals surface area contributed by atoms with Crippen LogP contribution < -0.4 is 0 Å². The van der Waals surface area contributed by atoms with E-state index >= 15 is 0 Å². The van der Waals surface area contributed by atoms with Crippen molar-refractivity contribution in [3.63, 3.8) is 0 Å². The van der Waals surface area contributed by atoms with Crippen LogP contribution in [0.15, 0.2) is 0 Å². The molecule has 3 heteroatoms. The van der Waals surface area contributed by atoms with E-state index in [0.29, 0.717) is 5.92 Å². The molecule has 0 aromatic carbocycles. The van der Waals surface area contributed by atoms with Crippen molar-refractivity contribution in [1.29, 1.82) is 0 Å². The number of carboxylic acid groups (broad SMARTS) is 1. The van der Waals surface area contributed by atoms with Crippen LogP contribution in [0.2, 0.25) is 0 Å². The maximum Gasteiger partial charge on any atom is 0.506 e. The zero-order valence-electron chi connectivity index (χ0n) is 7.25. The van der Waals surface area contributed by atoms with Gasteiger partial charge in [0.15, 0.2) is 0 Å². The number of hydrogen-bond donors (Lipinski definition) is 1. The minimum Gasteiger partial charge on any atom is -0.450 e. The monoisotopic (exact) mass is 170 g/mol. The summed E-state index contributed by atoms with van der Waals surface area (Å²) in [6.45, 7) is 2.10. The molecule has 2 atom stereocenters. The fraction of sp³-hybridized carbons (Fsp3) is 0.889. The lowest BCUT2D eigenvalue weighted by Crippen LogP contribution is -2.09. The summed E-state index contributed by atoms with van der Waals surface area (Å²) in [5.41, 5.74) is 0.248. The van der Waals surface area contributed by atoms with E-state index in [1.807, 2.05) is 0 Å². The molecule has 0 saturated heterocycles. The third kappa shape index (κ3) is 0.919. The first kappa shape index (κ1) is 7.90. The van der Waals surface area contributed by atoms with Crippen LogP contribution in [0.1, 0.15) is 32.6 Å². The van der Waals surface area contributed by atoms with Crippen molar-refractivity contribution >= 4 is 6.16 Å². The van der Waals surface area contributed by atoms with E-state index in [1.165, 1.54) is 12.8 Å². The number of carbonyl (C=O) groups is 1. The zero-order chi connectivity index (χ0) is 8.77. The number of ether oxygens (including phenoxy) is 1. The van der Waals surface area contributed by atoms with Crippen molar-refractivity contribution in [3.05, 3.63) is 0 Å². The summed E-state index contributed by atoms with van der Waals surface area (Å²) in [6.07, 6.45) is 3.68. The van der Waals surface area contributed by atoms with Crippen molar-refractivity contribution in [2.24, 2.45) is 11.3 Å². The Morgan fingerprint density at radius 2 is 2.08 bits per heavy atom. The number of rotatable bonds is 1. The van der Waals surface area contributed by atoms with E-state index in [2.05, 4.69) is 6.92 Å². The predicted molar refractivity (Wildman–Crippen MR) is 43.0 cm³/mol. The summed E-state index contributed by atoms with van der Waals surface area (Å²) in [4.78, 5) is 10.3. The van der Waals surface area contributed by atoms with E-state index in [1.54, 1.807) is 0 Å². The van der Waals surface area contributed by atoms with E-state index in [0.717, 1.165) is 12.8 Å². The quantitative estimate of drug-likeness (QED) is 0.614. The fourth-order valence-corrected chi connectivity index (χ4v) is 2.75. The van der Waals surface area contributed by atoms with Crippen molar-refractivity contribution in [1.82, 2.24) is 0 Å². The second-order valence-corrected chi connectivity index (χ2v) is 4.03. The van der Waals surface area contributed by atoms with Crippen LogP contribution in [0.4, 0.5) is 4.79 Å². The van der Waals surface area contributed by atoms with Crippen LogP contribution in [0.3, 0.4) is 0 Å². The average molecular weight is 170 g/mol. The van der Waals surface area contributed by atoms with E-state index in [9.17, 15) is 4.79 Å². The molecular formula is C9H14O3. The Kier molecular flexibility index (Phi) is 1.56. The molecule has 0 aliphatic heterocycles. The highest BCUT2D eigenvalue weighted by Crippen LogP contribution is 2.64. The molecule has 3 nitrogen and oxygen atoms in total. The van der Waals surface area contributed by atoms with Crippen LogP contribution in [0.5, 0.6) is 0 Å². The molecule has 1 spiro atoms. The van der Waals surface area contributed by atoms with E-state index < -0.39 is 6.16 Å². The van der Waals surface area contributed by atoms with Gasteiger partial charge in [0.25, 0.3) is 0 Å². The lowest BCUT2D eigenvalue weighted by molar-refractivity contribution is 0.0702. The van der Waals surface area contributed by atoms with Crippen LogP contribution in [-0.4, -0.2) is 17.4 Å². The third-order valence-corrected chi connectivity index (χ3v) is 3.58. The molecule has 0 aromatic rings. The van der Waals surface area contributed by atoms with Gasteiger partial charge in [0.05, 0.1) is 0 Å². The summed E-state index contributed by atoms with van der Waals surface area (Å²) < 4.78 is 4.83. The molecule has 0 bridgehead atoms. The van der Waals surface area contributed by atoms with Crippen molar-refractivity contribution in [2.75, 3.05) is 0 Å². The molecule has 2 fully saturated rings. The molecule has 0 amide bonds. The topological polar surface area (TPSA) is 46.5 Å². The van der Waals surface area contributed by atoms with Crippen LogP contribution in [-0.2, 0) is 4.74 Å². The molecule has 12 heavy (non-hydrogen) atoms. The highest BCUT2D eigenvalue weighted by atomic mass is 16.7. The first-order valence-electron chi connectivity index (χ1n) is 4.56. The van der Waals surface area contributed by atoms with Gasteiger partial charge in [-0.1, -0.05) is 19.8 Å². The summed E-state index contributed by atoms with van der Waals surface area (Å²) in [5.74, 6) is 0.455. The average Bonchev–Trinajstić information content (AvgIpc) is 2.52. The van der Waals surface area contributed by atoms with Gasteiger partial charge >= 0.3 is 6.16 Å². The van der Waals surface area contributed by atoms with Gasteiger partial charge in [0, 0.05) is 11.3 Å². The zero-order valence-corrected chi connectivity index (χ0v) is 7.25. The second-order valence-electron chi connectivity index (χ2n) is 4.03. The molecule has 68 valence electrons. The second kappa shape index (κ2) is 2.38. The van der Waals surface area contributed by atoms with Crippen LogP contribution in [0.25, 0.3) is 0 Å². The Bertz CT molecular complexity index is 206. The van der Waals surface area contributed by atoms with Gasteiger partial charge in [-0.05, 0) is 12.8 Å². The molecule has 0 aromatic heterocycles. The first-order valence-corrected chi connectivity index (χ1v) is 4.56. The minimum atomic E-state index is -1.12. The van der Waals surface area contributed by atoms with Crippen molar-refractivity contribution < 1.29 is 14.6 Å². The first-order chi connectivity index (χ1) is 5.67. The Labute approximate surface area is 71.7 Å². The largest absolute Gasteiger partial charge is 0.506 e. The van der Waals surface area contributed by atoms with Gasteiger partial charge in [-0.3, -0.25) is 0 Å². The Hall–Kier alpha value is -0.730. The third-order valence-electron chi connectivity index (χ3n) is 3.58. The van der Waals surface area contributed by atoms with Gasteiger partial charge < -0.3 is 9.84 Å². The predicted octanol–water partition coefficient (Wildman–Crippen LogP) is 2.26. The molecular weight excluding hydrogens is 156 g/mol. The smallest absolute Gasteiger partial charge is 0.450 e. The fourth-order valence-electron chi connectivity index (χ4n) is 2.75. The van der Waals surface area contributed by atoms with Crippen LogP contribution >= 0.6 is 0 Å². The molecule has 0 heterocycles. The van der Waals surface area contributed by atoms with Gasteiger partial charge in [-0.15, -0.1) is 0 Å². The maximum absolute atomic E-state index is 10.3. The van der Waals surface area contributed by atoms with Crippen molar-refractivity contribution in [2.45, 2.75) is 38.7 Å². The Balaban J connectivity index is 1.98. The Morgan fingerprint density at radius 3 is 2.58 bits per heavy atom. The molecule has 1 N–H and O–H groups in total. The van der Waals surface area contributed by atoms with Crippen molar-refractivity contribution in [3.8, 4) is 0 Å². The molecule has 2 aliphatic rings. The normalized spacial score (nSPS) is 36.8. The van der Waals surface area contributed by atoms with Gasteiger partial charge in [-0.25, -0.2) is 4.79 Å². The van der Waals surface area contributed by atoms with E-state index in [-0.39, 0.29) is 11.5 Å². The highest BCUT2D eigenvalue weighted by Gasteiger charge is 2.65. The molecule has 0 radical (unpaired) electrons. The van der Waals surface area contributed by atoms with Gasteiger partial charge in [-0.2, -0.15) is 0 Å². The van der Waals surface area contributed by atoms with Gasteiger partial charge in [0.1, 0.15) is 6.10 Å².